The number of benzene rings is 2. The summed E-state index contributed by atoms with van der Waals surface area (Å²) in [4.78, 5) is 20.4. The van der Waals surface area contributed by atoms with Gasteiger partial charge in [0.2, 0.25) is 10.0 Å². The van der Waals surface area contributed by atoms with Crippen LogP contribution in [0.5, 0.6) is 0 Å². The molecule has 1 saturated heterocycles. The van der Waals surface area contributed by atoms with Crippen LogP contribution in [-0.4, -0.2) is 36.2 Å². The highest BCUT2D eigenvalue weighted by Gasteiger charge is 2.33. The number of thiazole rings is 1. The second-order valence-electron chi connectivity index (χ2n) is 9.52. The van der Waals surface area contributed by atoms with E-state index in [2.05, 4.69) is 6.07 Å². The fourth-order valence-corrected chi connectivity index (χ4v) is 7.66. The van der Waals surface area contributed by atoms with Crippen molar-refractivity contribution in [3.63, 3.8) is 0 Å². The maximum Gasteiger partial charge on any atom is 0.260 e. The second kappa shape index (κ2) is 10.4. The van der Waals surface area contributed by atoms with Crippen molar-refractivity contribution in [3.8, 4) is 0 Å². The molecule has 1 aliphatic heterocycles. The van der Waals surface area contributed by atoms with Gasteiger partial charge in [-0.2, -0.15) is 4.31 Å². The highest BCUT2D eigenvalue weighted by Crippen LogP contribution is 2.34. The maximum atomic E-state index is 13.8. The monoisotopic (exact) mass is 537 g/mol. The van der Waals surface area contributed by atoms with Gasteiger partial charge in [0.05, 0.1) is 27.9 Å². The summed E-state index contributed by atoms with van der Waals surface area (Å²) in [5, 5.41) is 0.570. The molecule has 1 atom stereocenters. The van der Waals surface area contributed by atoms with E-state index in [1.165, 1.54) is 11.3 Å². The first-order chi connectivity index (χ1) is 17.8. The van der Waals surface area contributed by atoms with Gasteiger partial charge in [-0.15, -0.1) is 0 Å². The lowest BCUT2D eigenvalue weighted by Crippen LogP contribution is -2.43. The fraction of sp³-hybridized carbons (Fsp3) is 0.357. The van der Waals surface area contributed by atoms with E-state index in [4.69, 9.17) is 9.40 Å². The van der Waals surface area contributed by atoms with Gasteiger partial charge < -0.3 is 4.42 Å². The Balaban J connectivity index is 1.47. The Morgan fingerprint density at radius 2 is 1.92 bits per heavy atom. The lowest BCUT2D eigenvalue weighted by molar-refractivity contribution is 0.0983. The molecule has 1 unspecified atom stereocenters. The molecule has 1 aliphatic rings. The van der Waals surface area contributed by atoms with Gasteiger partial charge in [-0.3, -0.25) is 9.69 Å². The van der Waals surface area contributed by atoms with Crippen molar-refractivity contribution in [2.75, 3.05) is 11.4 Å². The Kier molecular flexibility index (Phi) is 7.20. The molecule has 7 nitrogen and oxygen atoms in total. The van der Waals surface area contributed by atoms with Crippen molar-refractivity contribution in [1.82, 2.24) is 9.29 Å². The molecular weight excluding hydrogens is 506 g/mol. The van der Waals surface area contributed by atoms with Crippen LogP contribution < -0.4 is 4.90 Å². The molecule has 0 bridgehead atoms. The predicted octanol–water partition coefficient (Wildman–Crippen LogP) is 6.31. The van der Waals surface area contributed by atoms with Crippen LogP contribution in [0.1, 0.15) is 59.9 Å². The molecule has 194 valence electrons. The number of aryl methyl sites for hydroxylation is 2. The third-order valence-corrected chi connectivity index (χ3v) is 10.2. The summed E-state index contributed by atoms with van der Waals surface area (Å²) in [7, 11) is -3.62. The number of hydrogen-bond donors (Lipinski definition) is 0. The average Bonchev–Trinajstić information content (AvgIpc) is 3.59. The molecule has 0 aliphatic carbocycles. The summed E-state index contributed by atoms with van der Waals surface area (Å²) in [5.74, 6) is 0.369. The summed E-state index contributed by atoms with van der Waals surface area (Å²) in [5.41, 5.74) is 3.50. The maximum absolute atomic E-state index is 13.8. The van der Waals surface area contributed by atoms with Crippen molar-refractivity contribution in [1.29, 1.82) is 0 Å². The van der Waals surface area contributed by atoms with Gasteiger partial charge in [-0.25, -0.2) is 13.4 Å². The van der Waals surface area contributed by atoms with Crippen molar-refractivity contribution in [2.24, 2.45) is 0 Å². The summed E-state index contributed by atoms with van der Waals surface area (Å²) in [6.07, 6.45) is 5.17. The smallest absolute Gasteiger partial charge is 0.260 e. The lowest BCUT2D eigenvalue weighted by atomic mass is 10.0. The number of amides is 1. The normalized spacial score (nSPS) is 16.8. The topological polar surface area (TPSA) is 83.7 Å². The van der Waals surface area contributed by atoms with E-state index in [-0.39, 0.29) is 23.4 Å². The molecule has 4 aromatic rings. The van der Waals surface area contributed by atoms with Crippen LogP contribution >= 0.6 is 11.3 Å². The van der Waals surface area contributed by atoms with E-state index >= 15 is 0 Å². The largest absolute Gasteiger partial charge is 0.467 e. The Bertz CT molecular complexity index is 1510. The van der Waals surface area contributed by atoms with Crippen molar-refractivity contribution >= 4 is 42.6 Å². The van der Waals surface area contributed by atoms with E-state index < -0.39 is 10.0 Å². The third-order valence-electron chi connectivity index (χ3n) is 7.20. The number of carbonyl (C=O) groups excluding carboxylic acids is 1. The molecular formula is C28H31N3O4S2. The van der Waals surface area contributed by atoms with Gasteiger partial charge in [0.1, 0.15) is 5.76 Å². The third kappa shape index (κ3) is 4.95. The summed E-state index contributed by atoms with van der Waals surface area (Å²) < 4.78 is 34.9. The number of hydrogen-bond acceptors (Lipinski definition) is 6. The van der Waals surface area contributed by atoms with Gasteiger partial charge in [-0.1, -0.05) is 30.7 Å². The molecule has 9 heteroatoms. The number of sulfonamides is 1. The molecule has 37 heavy (non-hydrogen) atoms. The lowest BCUT2D eigenvalue weighted by Gasteiger charge is -2.34. The highest BCUT2D eigenvalue weighted by molar-refractivity contribution is 7.89. The fourth-order valence-electron chi connectivity index (χ4n) is 4.87. The van der Waals surface area contributed by atoms with Gasteiger partial charge in [0, 0.05) is 18.2 Å². The van der Waals surface area contributed by atoms with E-state index in [0.717, 1.165) is 47.0 Å². The minimum atomic E-state index is -3.62. The summed E-state index contributed by atoms with van der Waals surface area (Å²) in [6, 6.07) is 14.0. The zero-order valence-electron chi connectivity index (χ0n) is 21.3. The van der Waals surface area contributed by atoms with Crippen molar-refractivity contribution in [2.45, 2.75) is 63.9 Å². The van der Waals surface area contributed by atoms with Crippen molar-refractivity contribution in [3.05, 3.63) is 77.2 Å². The van der Waals surface area contributed by atoms with Gasteiger partial charge in [-0.05, 0) is 86.7 Å². The minimum Gasteiger partial charge on any atom is -0.467 e. The van der Waals surface area contributed by atoms with Crippen LogP contribution in [0.3, 0.4) is 0 Å². The van der Waals surface area contributed by atoms with Crippen molar-refractivity contribution < 1.29 is 17.6 Å². The SMILES string of the molecule is CCC1CCCCN1S(=O)(=O)c1ccc(C(=O)N(Cc2ccco2)c2nc3c(C)c(C)ccc3s2)cc1. The molecule has 1 amide bonds. The Morgan fingerprint density at radius 1 is 1.14 bits per heavy atom. The summed E-state index contributed by atoms with van der Waals surface area (Å²) in [6.45, 7) is 6.86. The predicted molar refractivity (Wildman–Crippen MR) is 147 cm³/mol. The van der Waals surface area contributed by atoms with E-state index in [0.29, 0.717) is 23.0 Å². The molecule has 3 heterocycles. The van der Waals surface area contributed by atoms with Crippen LogP contribution in [0.15, 0.2) is 64.1 Å². The zero-order chi connectivity index (χ0) is 26.2. The van der Waals surface area contributed by atoms with Gasteiger partial charge in [0.15, 0.2) is 5.13 Å². The standard InChI is InChI=1S/C28H31N3O4S2/c1-4-22-8-5-6-16-31(22)37(33,34)24-13-11-21(12-14-24)27(32)30(18-23-9-7-17-35-23)28-29-26-20(3)19(2)10-15-25(26)36-28/h7,9-15,17,22H,4-6,8,16,18H2,1-3H3. The molecule has 1 fully saturated rings. The van der Waals surface area contributed by atoms with E-state index in [9.17, 15) is 13.2 Å². The van der Waals surface area contributed by atoms with E-state index in [1.54, 1.807) is 45.8 Å². The van der Waals surface area contributed by atoms with Crippen LogP contribution in [0, 0.1) is 13.8 Å². The van der Waals surface area contributed by atoms with Crippen LogP contribution in [-0.2, 0) is 16.6 Å². The number of aromatic nitrogens is 1. The Hall–Kier alpha value is -3.01. The molecule has 2 aromatic carbocycles. The number of nitrogens with zero attached hydrogens (tertiary/aromatic N) is 3. The number of anilines is 1. The van der Waals surface area contributed by atoms with E-state index in [1.807, 2.05) is 32.9 Å². The van der Waals surface area contributed by atoms with Crippen LogP contribution in [0.4, 0.5) is 5.13 Å². The Labute approximate surface area is 221 Å². The molecule has 0 radical (unpaired) electrons. The molecule has 5 rings (SSSR count). The first-order valence-electron chi connectivity index (χ1n) is 12.6. The first-order valence-corrected chi connectivity index (χ1v) is 14.9. The number of fused-ring (bicyclic) bond motifs is 1. The van der Waals surface area contributed by atoms with Gasteiger partial charge in [0.25, 0.3) is 5.91 Å². The minimum absolute atomic E-state index is 0.0231. The van der Waals surface area contributed by atoms with Gasteiger partial charge >= 0.3 is 0 Å². The number of rotatable bonds is 7. The quantitative estimate of drug-likeness (QED) is 0.276. The average molecular weight is 538 g/mol. The number of furan rings is 1. The van der Waals surface area contributed by atoms with Crippen LogP contribution in [0.2, 0.25) is 0 Å². The molecule has 0 saturated carbocycles. The van der Waals surface area contributed by atoms with Crippen LogP contribution in [0.25, 0.3) is 10.2 Å². The Morgan fingerprint density at radius 3 is 2.62 bits per heavy atom. The molecule has 0 N–H and O–H groups in total. The molecule has 2 aromatic heterocycles. The first kappa shape index (κ1) is 25.6. The number of piperidine rings is 1. The highest BCUT2D eigenvalue weighted by atomic mass is 32.2. The molecule has 0 spiro atoms. The second-order valence-corrected chi connectivity index (χ2v) is 12.4. The summed E-state index contributed by atoms with van der Waals surface area (Å²) >= 11 is 1.45. The zero-order valence-corrected chi connectivity index (χ0v) is 22.9. The number of carbonyl (C=O) groups is 1.